The van der Waals surface area contributed by atoms with Gasteiger partial charge < -0.3 is 15.7 Å². The molecular weight excluding hydrogens is 565 g/mol. The quantitative estimate of drug-likeness (QED) is 0.314. The number of phenolic OH excluding ortho intramolecular Hbond substituents is 1. The van der Waals surface area contributed by atoms with Crippen LogP contribution in [0.1, 0.15) is 31.7 Å². The highest BCUT2D eigenvalue weighted by molar-refractivity contribution is 7.91. The van der Waals surface area contributed by atoms with Crippen molar-refractivity contribution in [1.29, 1.82) is 0 Å². The lowest BCUT2D eigenvalue weighted by molar-refractivity contribution is 0.271. The number of aromatic hydroxyl groups is 1. The Kier molecular flexibility index (Phi) is 6.89. The fourth-order valence-electron chi connectivity index (χ4n) is 5.79. The monoisotopic (exact) mass is 594 g/mol. The normalized spacial score (nSPS) is 20.1. The number of aromatic nitrogens is 2. The van der Waals surface area contributed by atoms with E-state index in [9.17, 15) is 26.7 Å². The zero-order valence-electron chi connectivity index (χ0n) is 22.8. The molecule has 1 saturated heterocycles. The average molecular weight is 595 g/mol. The molecule has 0 bridgehead atoms. The molecule has 0 amide bonds. The largest absolute Gasteiger partial charge is 0.504 e. The SMILES string of the molecule is CC1(S(=O)(=O)n2cc(-c3cccc(F)c3O)c3cccnc32)C=C(c2cc(F)cc(F)c2)C(N2CCC(N)CC2)=CC1. The summed E-state index contributed by atoms with van der Waals surface area (Å²) < 4.78 is 71.5. The van der Waals surface area contributed by atoms with Crippen molar-refractivity contribution < 1.29 is 26.7 Å². The van der Waals surface area contributed by atoms with Crippen LogP contribution in [0.5, 0.6) is 5.75 Å². The van der Waals surface area contributed by atoms with Gasteiger partial charge in [0.1, 0.15) is 16.4 Å². The lowest BCUT2D eigenvalue weighted by Crippen LogP contribution is -2.42. The van der Waals surface area contributed by atoms with Gasteiger partial charge in [0, 0.05) is 65.4 Å². The molecule has 11 heteroatoms. The van der Waals surface area contributed by atoms with Gasteiger partial charge in [-0.05, 0) is 62.1 Å². The summed E-state index contributed by atoms with van der Waals surface area (Å²) in [4.78, 5) is 6.39. The van der Waals surface area contributed by atoms with Gasteiger partial charge >= 0.3 is 0 Å². The van der Waals surface area contributed by atoms with Crippen molar-refractivity contribution >= 4 is 26.6 Å². The van der Waals surface area contributed by atoms with E-state index in [2.05, 4.69) is 9.88 Å². The van der Waals surface area contributed by atoms with Crippen molar-refractivity contribution in [2.45, 2.75) is 37.0 Å². The Balaban J connectivity index is 1.51. The molecule has 3 N–H and O–H groups in total. The summed E-state index contributed by atoms with van der Waals surface area (Å²) in [6.07, 6.45) is 7.65. The number of fused-ring (bicyclic) bond motifs is 1. The van der Waals surface area contributed by atoms with E-state index in [1.165, 1.54) is 36.7 Å². The summed E-state index contributed by atoms with van der Waals surface area (Å²) in [5.41, 5.74) is 7.92. The minimum Gasteiger partial charge on any atom is -0.504 e. The molecule has 0 radical (unpaired) electrons. The fraction of sp³-hybridized carbons (Fsp3) is 0.258. The summed E-state index contributed by atoms with van der Waals surface area (Å²) >= 11 is 0. The van der Waals surface area contributed by atoms with Gasteiger partial charge in [0.2, 0.25) is 10.0 Å². The van der Waals surface area contributed by atoms with Gasteiger partial charge in [-0.3, -0.25) is 0 Å². The number of halogens is 3. The fourth-order valence-corrected chi connectivity index (χ4v) is 7.42. The number of phenols is 1. The summed E-state index contributed by atoms with van der Waals surface area (Å²) in [6, 6.07) is 10.5. The minimum atomic E-state index is -4.29. The van der Waals surface area contributed by atoms with Gasteiger partial charge in [0.25, 0.3) is 0 Å². The maximum Gasteiger partial charge on any atom is 0.249 e. The van der Waals surface area contributed by atoms with Crippen LogP contribution >= 0.6 is 0 Å². The zero-order valence-corrected chi connectivity index (χ0v) is 23.6. The molecule has 6 rings (SSSR count). The molecule has 1 aliphatic carbocycles. The number of para-hydroxylation sites is 1. The van der Waals surface area contributed by atoms with Gasteiger partial charge in [-0.15, -0.1) is 0 Å². The van der Waals surface area contributed by atoms with Crippen molar-refractivity contribution in [2.24, 2.45) is 5.73 Å². The van der Waals surface area contributed by atoms with Crippen molar-refractivity contribution in [1.82, 2.24) is 13.9 Å². The van der Waals surface area contributed by atoms with E-state index >= 15 is 0 Å². The Hall–Kier alpha value is -4.09. The van der Waals surface area contributed by atoms with Crippen LogP contribution in [0.2, 0.25) is 0 Å². The van der Waals surface area contributed by atoms with E-state index < -0.39 is 38.0 Å². The molecular formula is C31H29F3N4O3S. The number of allylic oxidation sites excluding steroid dienone is 2. The summed E-state index contributed by atoms with van der Waals surface area (Å²) in [7, 11) is -4.29. The van der Waals surface area contributed by atoms with Crippen LogP contribution < -0.4 is 5.73 Å². The number of hydrogen-bond acceptors (Lipinski definition) is 6. The molecule has 2 aromatic carbocycles. The van der Waals surface area contributed by atoms with E-state index in [1.807, 2.05) is 0 Å². The van der Waals surface area contributed by atoms with Crippen LogP contribution in [0.3, 0.4) is 0 Å². The van der Waals surface area contributed by atoms with E-state index in [0.29, 0.717) is 29.7 Å². The lowest BCUT2D eigenvalue weighted by atomic mass is 9.88. The number of hydrogen-bond donors (Lipinski definition) is 2. The molecule has 4 aromatic rings. The van der Waals surface area contributed by atoms with Gasteiger partial charge in [-0.1, -0.05) is 24.3 Å². The third kappa shape index (κ3) is 4.66. The maximum absolute atomic E-state index is 14.5. The van der Waals surface area contributed by atoms with Crippen LogP contribution in [0, 0.1) is 17.5 Å². The molecule has 42 heavy (non-hydrogen) atoms. The van der Waals surface area contributed by atoms with E-state index in [-0.39, 0.29) is 34.8 Å². The Labute approximate surface area is 241 Å². The number of nitrogens with two attached hydrogens (primary N) is 1. The van der Waals surface area contributed by atoms with Crippen LogP contribution in [-0.2, 0) is 10.0 Å². The lowest BCUT2D eigenvalue weighted by Gasteiger charge is -2.39. The van der Waals surface area contributed by atoms with Crippen LogP contribution in [0.25, 0.3) is 27.7 Å². The Morgan fingerprint density at radius 1 is 1.02 bits per heavy atom. The highest BCUT2D eigenvalue weighted by atomic mass is 32.2. The van der Waals surface area contributed by atoms with E-state index in [4.69, 9.17) is 5.73 Å². The zero-order chi connectivity index (χ0) is 29.8. The average Bonchev–Trinajstić information content (AvgIpc) is 3.35. The Morgan fingerprint density at radius 2 is 1.74 bits per heavy atom. The van der Waals surface area contributed by atoms with Crippen molar-refractivity contribution in [2.75, 3.05) is 13.1 Å². The standard InChI is InChI=1S/C31H29F3N4O3S/c1-31(10-7-28(37-12-8-22(35)9-13-37)25(17-31)19-14-20(32)16-21(33)15-19)42(40,41)38-18-26(24-5-3-11-36-30(24)38)23-4-2-6-27(34)29(23)39/h2-7,11,14-18,22,39H,8-10,12-13,35H2,1H3. The number of piperidine rings is 1. The second-order valence-corrected chi connectivity index (χ2v) is 13.3. The molecule has 3 heterocycles. The Bertz CT molecular complexity index is 1860. The van der Waals surface area contributed by atoms with Gasteiger partial charge in [-0.25, -0.2) is 30.5 Å². The number of likely N-dealkylation sites (tertiary alicyclic amines) is 1. The molecule has 0 spiro atoms. The van der Waals surface area contributed by atoms with E-state index in [0.717, 1.165) is 28.9 Å². The molecule has 1 unspecified atom stereocenters. The molecule has 0 saturated carbocycles. The molecule has 2 aromatic heterocycles. The third-order valence-corrected chi connectivity index (χ3v) is 10.4. The first-order valence-electron chi connectivity index (χ1n) is 13.6. The predicted molar refractivity (Wildman–Crippen MR) is 155 cm³/mol. The first-order valence-corrected chi connectivity index (χ1v) is 15.0. The highest BCUT2D eigenvalue weighted by Gasteiger charge is 2.43. The van der Waals surface area contributed by atoms with Crippen molar-refractivity contribution in [3.8, 4) is 16.9 Å². The summed E-state index contributed by atoms with van der Waals surface area (Å²) in [5, 5.41) is 10.9. The second kappa shape index (κ2) is 10.3. The number of nitrogens with zero attached hydrogens (tertiary/aromatic N) is 3. The van der Waals surface area contributed by atoms with E-state index in [1.54, 1.807) is 31.2 Å². The molecule has 1 aliphatic heterocycles. The topological polar surface area (TPSA) is 101 Å². The number of benzene rings is 2. The smallest absolute Gasteiger partial charge is 0.249 e. The van der Waals surface area contributed by atoms with Crippen molar-refractivity contribution in [3.05, 3.63) is 102 Å². The van der Waals surface area contributed by atoms with Crippen LogP contribution in [-0.4, -0.2) is 51.3 Å². The number of pyridine rings is 1. The summed E-state index contributed by atoms with van der Waals surface area (Å²) in [5.74, 6) is -3.00. The van der Waals surface area contributed by atoms with Crippen LogP contribution in [0.4, 0.5) is 13.2 Å². The first kappa shape index (κ1) is 28.0. The van der Waals surface area contributed by atoms with Crippen molar-refractivity contribution in [3.63, 3.8) is 0 Å². The van der Waals surface area contributed by atoms with Gasteiger partial charge in [-0.2, -0.15) is 0 Å². The van der Waals surface area contributed by atoms with Crippen LogP contribution in [0.15, 0.2) is 78.8 Å². The first-order chi connectivity index (χ1) is 20.0. The highest BCUT2D eigenvalue weighted by Crippen LogP contribution is 2.43. The maximum atomic E-state index is 14.5. The molecule has 218 valence electrons. The van der Waals surface area contributed by atoms with Gasteiger partial charge in [0.05, 0.1) is 0 Å². The predicted octanol–water partition coefficient (Wildman–Crippen LogP) is 5.56. The molecule has 1 fully saturated rings. The minimum absolute atomic E-state index is 0.0522. The Morgan fingerprint density at radius 3 is 2.45 bits per heavy atom. The number of rotatable bonds is 5. The third-order valence-electron chi connectivity index (χ3n) is 8.14. The van der Waals surface area contributed by atoms with Gasteiger partial charge in [0.15, 0.2) is 17.2 Å². The summed E-state index contributed by atoms with van der Waals surface area (Å²) in [6.45, 7) is 2.79. The molecule has 1 atom stereocenters. The molecule has 7 nitrogen and oxygen atoms in total. The molecule has 2 aliphatic rings. The second-order valence-electron chi connectivity index (χ2n) is 11.0.